The summed E-state index contributed by atoms with van der Waals surface area (Å²) in [6, 6.07) is 6.33. The topological polar surface area (TPSA) is 98.0 Å². The molecule has 2 amide bonds. The largest absolute Gasteiger partial charge is 0.366 e. The first-order valence-electron chi connectivity index (χ1n) is 5.98. The molecule has 0 fully saturated rings. The second-order valence-corrected chi connectivity index (χ2v) is 4.33. The normalized spacial score (nSPS) is 10.1. The quantitative estimate of drug-likeness (QED) is 0.881. The molecule has 2 aromatic rings. The lowest BCUT2D eigenvalue weighted by Gasteiger charge is -2.08. The highest BCUT2D eigenvalue weighted by molar-refractivity contribution is 6.04. The van der Waals surface area contributed by atoms with Crippen molar-refractivity contribution in [2.24, 2.45) is 5.73 Å². The van der Waals surface area contributed by atoms with Crippen molar-refractivity contribution >= 4 is 17.5 Å². The zero-order valence-corrected chi connectivity index (χ0v) is 11.2. The number of benzene rings is 1. The van der Waals surface area contributed by atoms with Gasteiger partial charge in [0.1, 0.15) is 12.0 Å². The van der Waals surface area contributed by atoms with Crippen molar-refractivity contribution in [3.8, 4) is 0 Å². The summed E-state index contributed by atoms with van der Waals surface area (Å²) in [6.07, 6.45) is 1.35. The van der Waals surface area contributed by atoms with Gasteiger partial charge in [-0.15, -0.1) is 0 Å². The zero-order valence-electron chi connectivity index (χ0n) is 11.2. The van der Waals surface area contributed by atoms with Crippen molar-refractivity contribution in [1.82, 2.24) is 9.97 Å². The molecule has 0 saturated carbocycles. The van der Waals surface area contributed by atoms with Crippen LogP contribution in [0.25, 0.3) is 0 Å². The van der Waals surface area contributed by atoms with Gasteiger partial charge >= 0.3 is 0 Å². The summed E-state index contributed by atoms with van der Waals surface area (Å²) in [5.74, 6) is -0.829. The Morgan fingerprint density at radius 1 is 1.10 bits per heavy atom. The van der Waals surface area contributed by atoms with Gasteiger partial charge in [-0.05, 0) is 38.1 Å². The Morgan fingerprint density at radius 3 is 2.35 bits per heavy atom. The molecule has 1 aromatic carbocycles. The molecule has 1 aromatic heterocycles. The van der Waals surface area contributed by atoms with Gasteiger partial charge < -0.3 is 11.1 Å². The molecule has 20 heavy (non-hydrogen) atoms. The summed E-state index contributed by atoms with van der Waals surface area (Å²) in [5.41, 5.74) is 7.92. The molecule has 0 atom stereocenters. The van der Waals surface area contributed by atoms with E-state index in [1.54, 1.807) is 31.2 Å². The average molecular weight is 270 g/mol. The number of hydrogen-bond donors (Lipinski definition) is 2. The van der Waals surface area contributed by atoms with E-state index in [0.29, 0.717) is 16.9 Å². The summed E-state index contributed by atoms with van der Waals surface area (Å²) in [6.45, 7) is 3.61. The number of nitrogens with zero attached hydrogens (tertiary/aromatic N) is 2. The number of aromatic nitrogens is 2. The van der Waals surface area contributed by atoms with Crippen LogP contribution in [-0.2, 0) is 0 Å². The second-order valence-electron chi connectivity index (χ2n) is 4.33. The first-order chi connectivity index (χ1) is 9.49. The number of carbonyl (C=O) groups excluding carboxylic acids is 2. The molecule has 6 heteroatoms. The molecule has 0 aliphatic carbocycles. The molecule has 0 saturated heterocycles. The van der Waals surface area contributed by atoms with Crippen LogP contribution in [0, 0.1) is 13.8 Å². The van der Waals surface area contributed by atoms with E-state index in [1.807, 2.05) is 6.92 Å². The fourth-order valence-electron chi connectivity index (χ4n) is 1.68. The highest BCUT2D eigenvalue weighted by Crippen LogP contribution is 2.13. The third-order valence-electron chi connectivity index (χ3n) is 2.98. The molecular weight excluding hydrogens is 256 g/mol. The maximum atomic E-state index is 12.1. The van der Waals surface area contributed by atoms with E-state index >= 15 is 0 Å². The minimum Gasteiger partial charge on any atom is -0.366 e. The number of nitrogens with one attached hydrogen (secondary N) is 1. The van der Waals surface area contributed by atoms with Crippen molar-refractivity contribution in [3.05, 3.63) is 53.1 Å². The average Bonchev–Trinajstić information content (AvgIpc) is 2.42. The maximum absolute atomic E-state index is 12.1. The van der Waals surface area contributed by atoms with Crippen LogP contribution in [0.3, 0.4) is 0 Å². The van der Waals surface area contributed by atoms with E-state index in [1.165, 1.54) is 6.33 Å². The Balaban J connectivity index is 2.19. The molecule has 102 valence electrons. The number of primary amides is 1. The highest BCUT2D eigenvalue weighted by atomic mass is 16.2. The first kappa shape index (κ1) is 13.7. The zero-order chi connectivity index (χ0) is 14.7. The van der Waals surface area contributed by atoms with Crippen LogP contribution in [0.15, 0.2) is 30.6 Å². The molecule has 0 aliphatic heterocycles. The standard InChI is InChI=1S/C14H14N4O2/c1-8-9(2)16-7-17-12(8)14(20)18-11-5-3-10(4-6-11)13(15)19/h3-7H,1-2H3,(H2,15,19)(H,18,20). The van der Waals surface area contributed by atoms with Gasteiger partial charge in [-0.3, -0.25) is 9.59 Å². The summed E-state index contributed by atoms with van der Waals surface area (Å²) >= 11 is 0. The third kappa shape index (κ3) is 2.80. The Bertz CT molecular complexity index is 665. The van der Waals surface area contributed by atoms with E-state index in [0.717, 1.165) is 11.3 Å². The molecule has 2 rings (SSSR count). The van der Waals surface area contributed by atoms with Crippen molar-refractivity contribution in [1.29, 1.82) is 0 Å². The van der Waals surface area contributed by atoms with Gasteiger partial charge in [-0.25, -0.2) is 9.97 Å². The molecule has 6 nitrogen and oxygen atoms in total. The second kappa shape index (κ2) is 5.48. The Labute approximate surface area is 116 Å². The van der Waals surface area contributed by atoms with Gasteiger partial charge in [-0.2, -0.15) is 0 Å². The van der Waals surface area contributed by atoms with Crippen LogP contribution >= 0.6 is 0 Å². The number of anilines is 1. The van der Waals surface area contributed by atoms with Crippen molar-refractivity contribution < 1.29 is 9.59 Å². The lowest BCUT2D eigenvalue weighted by atomic mass is 10.1. The fraction of sp³-hybridized carbons (Fsp3) is 0.143. The number of rotatable bonds is 3. The van der Waals surface area contributed by atoms with Crippen molar-refractivity contribution in [2.45, 2.75) is 13.8 Å². The van der Waals surface area contributed by atoms with Crippen LogP contribution in [0.4, 0.5) is 5.69 Å². The van der Waals surface area contributed by atoms with Gasteiger partial charge in [0.05, 0.1) is 0 Å². The highest BCUT2D eigenvalue weighted by Gasteiger charge is 2.13. The SMILES string of the molecule is Cc1ncnc(C(=O)Nc2ccc(C(N)=O)cc2)c1C. The van der Waals surface area contributed by atoms with Crippen LogP contribution in [0.1, 0.15) is 32.1 Å². The molecular formula is C14H14N4O2. The first-order valence-corrected chi connectivity index (χ1v) is 5.98. The predicted molar refractivity (Wildman–Crippen MR) is 74.4 cm³/mol. The molecule has 3 N–H and O–H groups in total. The van der Waals surface area contributed by atoms with E-state index < -0.39 is 5.91 Å². The minimum atomic E-state index is -0.509. The number of carbonyl (C=O) groups is 2. The van der Waals surface area contributed by atoms with E-state index in [4.69, 9.17) is 5.73 Å². The lowest BCUT2D eigenvalue weighted by molar-refractivity contribution is 0.0997. The molecule has 1 heterocycles. The maximum Gasteiger partial charge on any atom is 0.274 e. The molecule has 0 spiro atoms. The Morgan fingerprint density at radius 2 is 1.75 bits per heavy atom. The van der Waals surface area contributed by atoms with Crippen LogP contribution < -0.4 is 11.1 Å². The number of hydrogen-bond acceptors (Lipinski definition) is 4. The smallest absolute Gasteiger partial charge is 0.274 e. The van der Waals surface area contributed by atoms with Crippen molar-refractivity contribution in [2.75, 3.05) is 5.32 Å². The van der Waals surface area contributed by atoms with Gasteiger partial charge in [0.2, 0.25) is 5.91 Å². The van der Waals surface area contributed by atoms with Gasteiger partial charge in [0.15, 0.2) is 0 Å². The van der Waals surface area contributed by atoms with Crippen molar-refractivity contribution in [3.63, 3.8) is 0 Å². The number of aryl methyl sites for hydroxylation is 1. The van der Waals surface area contributed by atoms with Gasteiger partial charge in [0.25, 0.3) is 5.91 Å². The number of nitrogens with two attached hydrogens (primary N) is 1. The Kier molecular flexibility index (Phi) is 3.74. The Hall–Kier alpha value is -2.76. The van der Waals surface area contributed by atoms with Gasteiger partial charge in [-0.1, -0.05) is 0 Å². The van der Waals surface area contributed by atoms with Gasteiger partial charge in [0, 0.05) is 22.5 Å². The van der Waals surface area contributed by atoms with Crippen LogP contribution in [0.5, 0.6) is 0 Å². The fourth-order valence-corrected chi connectivity index (χ4v) is 1.68. The minimum absolute atomic E-state index is 0.320. The van der Waals surface area contributed by atoms with Crippen LogP contribution in [0.2, 0.25) is 0 Å². The molecule has 0 radical (unpaired) electrons. The van der Waals surface area contributed by atoms with E-state index in [-0.39, 0.29) is 5.91 Å². The predicted octanol–water partition coefficient (Wildman–Crippen LogP) is 1.44. The van der Waals surface area contributed by atoms with E-state index in [2.05, 4.69) is 15.3 Å². The molecule has 0 bridgehead atoms. The summed E-state index contributed by atoms with van der Waals surface area (Å²) in [4.78, 5) is 31.1. The monoisotopic (exact) mass is 270 g/mol. The molecule has 0 aliphatic rings. The molecule has 0 unspecified atom stereocenters. The third-order valence-corrected chi connectivity index (χ3v) is 2.98. The lowest BCUT2D eigenvalue weighted by Crippen LogP contribution is -2.16. The number of amides is 2. The summed E-state index contributed by atoms with van der Waals surface area (Å²) < 4.78 is 0. The van der Waals surface area contributed by atoms with E-state index in [9.17, 15) is 9.59 Å². The summed E-state index contributed by atoms with van der Waals surface area (Å²) in [7, 11) is 0. The van der Waals surface area contributed by atoms with Crippen LogP contribution in [-0.4, -0.2) is 21.8 Å². The summed E-state index contributed by atoms with van der Waals surface area (Å²) in [5, 5.41) is 2.71.